The maximum atomic E-state index is 11.4. The Morgan fingerprint density at radius 2 is 1.47 bits per heavy atom. The molecule has 0 amide bonds. The molecule has 0 aliphatic carbocycles. The lowest BCUT2D eigenvalue weighted by Crippen LogP contribution is -2.06. The molecular weight excluding hydrogens is 256 g/mol. The van der Waals surface area contributed by atoms with Crippen LogP contribution in [0, 0.1) is 0 Å². The Labute approximate surface area is 124 Å². The molecule has 0 aromatic rings. The van der Waals surface area contributed by atoms with Crippen LogP contribution in [0.5, 0.6) is 0 Å². The van der Waals surface area contributed by atoms with E-state index >= 15 is 0 Å². The Kier molecular flexibility index (Phi) is 15.7. The van der Waals surface area contributed by atoms with Crippen molar-refractivity contribution < 1.29 is 9.53 Å². The first-order valence-electron chi connectivity index (χ1n) is 7.95. The lowest BCUT2D eigenvalue weighted by molar-refractivity contribution is -0.143. The van der Waals surface area contributed by atoms with Gasteiger partial charge in [0.1, 0.15) is 0 Å². The molecule has 0 aromatic heterocycles. The van der Waals surface area contributed by atoms with Gasteiger partial charge >= 0.3 is 5.97 Å². The van der Waals surface area contributed by atoms with Crippen molar-refractivity contribution in [3.05, 3.63) is 0 Å². The van der Waals surface area contributed by atoms with Gasteiger partial charge in [-0.25, -0.2) is 0 Å². The molecule has 3 heteroatoms. The minimum Gasteiger partial charge on any atom is -0.466 e. The van der Waals surface area contributed by atoms with E-state index in [9.17, 15) is 4.79 Å². The Balaban J connectivity index is 3.10. The largest absolute Gasteiger partial charge is 0.466 e. The number of thioether (sulfide) groups is 1. The minimum absolute atomic E-state index is 0.0101. The van der Waals surface area contributed by atoms with E-state index in [1.54, 1.807) is 11.8 Å². The van der Waals surface area contributed by atoms with E-state index in [1.807, 2.05) is 0 Å². The zero-order valence-electron chi connectivity index (χ0n) is 12.9. The lowest BCUT2D eigenvalue weighted by atomic mass is 10.1. The van der Waals surface area contributed by atoms with Gasteiger partial charge in [-0.2, -0.15) is 11.8 Å². The van der Waals surface area contributed by atoms with Crippen molar-refractivity contribution in [1.82, 2.24) is 0 Å². The molecule has 2 nitrogen and oxygen atoms in total. The summed E-state index contributed by atoms with van der Waals surface area (Å²) in [5, 5.41) is 0. The van der Waals surface area contributed by atoms with Crippen LogP contribution in [0.2, 0.25) is 0 Å². The van der Waals surface area contributed by atoms with Crippen molar-refractivity contribution in [2.75, 3.05) is 18.6 Å². The van der Waals surface area contributed by atoms with Crippen LogP contribution in [0.1, 0.15) is 77.6 Å². The Bertz CT molecular complexity index is 195. The molecule has 0 fully saturated rings. The number of hydrogen-bond acceptors (Lipinski definition) is 3. The molecule has 0 N–H and O–H groups in total. The van der Waals surface area contributed by atoms with Gasteiger partial charge in [0.25, 0.3) is 0 Å². The third kappa shape index (κ3) is 15.8. The predicted octanol–water partition coefficient (Wildman–Crippen LogP) is 5.20. The first-order valence-corrected chi connectivity index (χ1v) is 9.35. The SMILES string of the molecule is CCCCCCCCCCCC(=O)OCCCSC. The standard InChI is InChI=1S/C16H32O2S/c1-3-4-5-6-7-8-9-10-11-13-16(17)18-14-12-15-19-2/h3-15H2,1-2H3. The summed E-state index contributed by atoms with van der Waals surface area (Å²) in [6.45, 7) is 2.84. The van der Waals surface area contributed by atoms with Gasteiger partial charge in [0.05, 0.1) is 6.61 Å². The number of rotatable bonds is 14. The van der Waals surface area contributed by atoms with Crippen LogP contribution in [0.4, 0.5) is 0 Å². The van der Waals surface area contributed by atoms with Gasteiger partial charge < -0.3 is 4.74 Å². The van der Waals surface area contributed by atoms with E-state index < -0.39 is 0 Å². The highest BCUT2D eigenvalue weighted by Crippen LogP contribution is 2.10. The van der Waals surface area contributed by atoms with Gasteiger partial charge in [0.15, 0.2) is 0 Å². The number of unbranched alkanes of at least 4 members (excludes halogenated alkanes) is 8. The second kappa shape index (κ2) is 15.9. The van der Waals surface area contributed by atoms with Gasteiger partial charge in [-0.15, -0.1) is 0 Å². The number of esters is 1. The summed E-state index contributed by atoms with van der Waals surface area (Å²) in [7, 11) is 0. The number of hydrogen-bond donors (Lipinski definition) is 0. The molecule has 0 aliphatic heterocycles. The molecule has 0 bridgehead atoms. The minimum atomic E-state index is -0.0101. The third-order valence-corrected chi connectivity index (χ3v) is 3.94. The van der Waals surface area contributed by atoms with Crippen molar-refractivity contribution in [2.45, 2.75) is 77.6 Å². The van der Waals surface area contributed by atoms with Gasteiger partial charge in [0, 0.05) is 6.42 Å². The summed E-state index contributed by atoms with van der Waals surface area (Å²) in [6.07, 6.45) is 15.2. The summed E-state index contributed by atoms with van der Waals surface area (Å²) in [5.74, 6) is 1.06. The average molecular weight is 288 g/mol. The maximum Gasteiger partial charge on any atom is 0.305 e. The van der Waals surface area contributed by atoms with E-state index in [1.165, 1.54) is 51.4 Å². The van der Waals surface area contributed by atoms with Crippen molar-refractivity contribution in [2.24, 2.45) is 0 Å². The third-order valence-electron chi connectivity index (χ3n) is 3.24. The van der Waals surface area contributed by atoms with Crippen molar-refractivity contribution >= 4 is 17.7 Å². The lowest BCUT2D eigenvalue weighted by Gasteiger charge is -2.04. The molecule has 19 heavy (non-hydrogen) atoms. The monoisotopic (exact) mass is 288 g/mol. The van der Waals surface area contributed by atoms with Gasteiger partial charge in [-0.1, -0.05) is 58.3 Å². The number of carbonyl (C=O) groups excluding carboxylic acids is 1. The Hall–Kier alpha value is -0.180. The van der Waals surface area contributed by atoms with Gasteiger partial charge in [0.2, 0.25) is 0 Å². The van der Waals surface area contributed by atoms with Crippen LogP contribution in [-0.4, -0.2) is 24.6 Å². The molecule has 0 aromatic carbocycles. The molecule has 114 valence electrons. The molecule has 0 radical (unpaired) electrons. The summed E-state index contributed by atoms with van der Waals surface area (Å²) >= 11 is 1.80. The van der Waals surface area contributed by atoms with Crippen LogP contribution >= 0.6 is 11.8 Å². The highest BCUT2D eigenvalue weighted by molar-refractivity contribution is 7.98. The smallest absolute Gasteiger partial charge is 0.305 e. The van der Waals surface area contributed by atoms with Crippen LogP contribution in [0.25, 0.3) is 0 Å². The molecule has 0 unspecified atom stereocenters. The van der Waals surface area contributed by atoms with E-state index in [4.69, 9.17) is 4.74 Å². The Morgan fingerprint density at radius 3 is 2.05 bits per heavy atom. The van der Waals surface area contributed by atoms with Gasteiger partial charge in [-0.3, -0.25) is 4.79 Å². The predicted molar refractivity (Wildman–Crippen MR) is 85.8 cm³/mol. The summed E-state index contributed by atoms with van der Waals surface area (Å²) in [5.41, 5.74) is 0. The quantitative estimate of drug-likeness (QED) is 0.324. The molecule has 0 atom stereocenters. The fraction of sp³-hybridized carbons (Fsp3) is 0.938. The number of carbonyl (C=O) groups is 1. The van der Waals surface area contributed by atoms with Crippen molar-refractivity contribution in [1.29, 1.82) is 0 Å². The summed E-state index contributed by atoms with van der Waals surface area (Å²) < 4.78 is 5.16. The number of ether oxygens (including phenoxy) is 1. The van der Waals surface area contributed by atoms with E-state index in [0.29, 0.717) is 13.0 Å². The normalized spacial score (nSPS) is 10.6. The highest BCUT2D eigenvalue weighted by Gasteiger charge is 2.02. The summed E-state index contributed by atoms with van der Waals surface area (Å²) in [6, 6.07) is 0. The van der Waals surface area contributed by atoms with E-state index in [-0.39, 0.29) is 5.97 Å². The molecule has 0 spiro atoms. The van der Waals surface area contributed by atoms with Crippen LogP contribution in [0.3, 0.4) is 0 Å². The topological polar surface area (TPSA) is 26.3 Å². The molecule has 0 saturated heterocycles. The molecule has 0 heterocycles. The molecule has 0 saturated carbocycles. The van der Waals surface area contributed by atoms with Crippen LogP contribution < -0.4 is 0 Å². The second-order valence-corrected chi connectivity index (χ2v) is 6.13. The average Bonchev–Trinajstić information content (AvgIpc) is 2.42. The first-order chi connectivity index (χ1) is 9.31. The second-order valence-electron chi connectivity index (χ2n) is 5.15. The fourth-order valence-corrected chi connectivity index (χ4v) is 2.45. The first kappa shape index (κ1) is 18.8. The summed E-state index contributed by atoms with van der Waals surface area (Å²) in [4.78, 5) is 11.4. The van der Waals surface area contributed by atoms with Crippen molar-refractivity contribution in [3.8, 4) is 0 Å². The zero-order chi connectivity index (χ0) is 14.2. The fourth-order valence-electron chi connectivity index (χ4n) is 2.04. The Morgan fingerprint density at radius 1 is 0.895 bits per heavy atom. The van der Waals surface area contributed by atoms with E-state index in [0.717, 1.165) is 18.6 Å². The van der Waals surface area contributed by atoms with E-state index in [2.05, 4.69) is 13.2 Å². The van der Waals surface area contributed by atoms with Crippen LogP contribution in [0.15, 0.2) is 0 Å². The zero-order valence-corrected chi connectivity index (χ0v) is 13.7. The maximum absolute atomic E-state index is 11.4. The molecular formula is C16H32O2S. The van der Waals surface area contributed by atoms with Gasteiger partial charge in [-0.05, 0) is 24.9 Å². The molecule has 0 rings (SSSR count). The molecule has 0 aliphatic rings. The van der Waals surface area contributed by atoms with Crippen LogP contribution in [-0.2, 0) is 9.53 Å². The highest BCUT2D eigenvalue weighted by atomic mass is 32.2. The van der Waals surface area contributed by atoms with Crippen molar-refractivity contribution in [3.63, 3.8) is 0 Å².